The van der Waals surface area contributed by atoms with Crippen LogP contribution in [0.4, 0.5) is 5.82 Å². The van der Waals surface area contributed by atoms with Gasteiger partial charge in [-0.25, -0.2) is 4.98 Å². The van der Waals surface area contributed by atoms with Gasteiger partial charge < -0.3 is 20.5 Å². The molecule has 3 rings (SSSR count). The smallest absolute Gasteiger partial charge is 0.255 e. The summed E-state index contributed by atoms with van der Waals surface area (Å²) in [6, 6.07) is 16.6. The molecule has 7 heteroatoms. The van der Waals surface area contributed by atoms with E-state index < -0.39 is 0 Å². The highest BCUT2D eigenvalue weighted by Gasteiger charge is 2.13. The highest BCUT2D eigenvalue weighted by molar-refractivity contribution is 7.13. The lowest BCUT2D eigenvalue weighted by Gasteiger charge is -2.10. The van der Waals surface area contributed by atoms with Crippen molar-refractivity contribution in [3.8, 4) is 10.8 Å². The van der Waals surface area contributed by atoms with E-state index in [-0.39, 0.29) is 11.7 Å². The Morgan fingerprint density at radius 2 is 1.96 bits per heavy atom. The summed E-state index contributed by atoms with van der Waals surface area (Å²) in [5.41, 5.74) is 6.75. The zero-order valence-corrected chi connectivity index (χ0v) is 16.3. The quantitative estimate of drug-likeness (QED) is 0.550. The van der Waals surface area contributed by atoms with Crippen molar-refractivity contribution in [1.29, 1.82) is 0 Å². The van der Waals surface area contributed by atoms with Crippen LogP contribution in [0.25, 0.3) is 5.76 Å². The molecule has 0 unspecified atom stereocenters. The summed E-state index contributed by atoms with van der Waals surface area (Å²) >= 11 is 1.47. The predicted molar refractivity (Wildman–Crippen MR) is 111 cm³/mol. The number of para-hydroxylation sites is 1. The van der Waals surface area contributed by atoms with Crippen molar-refractivity contribution in [3.63, 3.8) is 0 Å². The lowest BCUT2D eigenvalue weighted by molar-refractivity contribution is 0.0952. The zero-order valence-electron chi connectivity index (χ0n) is 15.5. The Kier molecular flexibility index (Phi) is 6.29. The maximum atomic E-state index is 12.4. The van der Waals surface area contributed by atoms with Crippen molar-refractivity contribution in [2.24, 2.45) is 0 Å². The van der Waals surface area contributed by atoms with Crippen LogP contribution < -0.4 is 15.8 Å². The van der Waals surface area contributed by atoms with E-state index in [1.807, 2.05) is 49.4 Å². The van der Waals surface area contributed by atoms with Gasteiger partial charge in [-0.15, -0.1) is 11.3 Å². The first-order chi connectivity index (χ1) is 13.6. The Balaban J connectivity index is 1.59. The molecule has 28 heavy (non-hydrogen) atoms. The Morgan fingerprint density at radius 1 is 1.18 bits per heavy atom. The number of thiophene rings is 1. The van der Waals surface area contributed by atoms with Gasteiger partial charge in [-0.2, -0.15) is 0 Å². The molecule has 1 aromatic carbocycles. The average Bonchev–Trinajstić information content (AvgIpc) is 3.14. The first-order valence-corrected chi connectivity index (χ1v) is 9.57. The van der Waals surface area contributed by atoms with Crippen LogP contribution in [0.1, 0.15) is 27.9 Å². The van der Waals surface area contributed by atoms with E-state index >= 15 is 0 Å². The number of carbonyl (C=O) groups is 1. The van der Waals surface area contributed by atoms with Crippen molar-refractivity contribution in [2.75, 3.05) is 12.3 Å². The maximum absolute atomic E-state index is 12.4. The standard InChI is InChI=1S/C21H21N3O3S/c1-3-26-14(2)18-11-10-17(20(22)24-18)21(25)23-13-16-9-12-19(28-16)27-15-7-5-4-6-8-15/h4-12H,2-3,13H2,1H3,(H2,22,24)(H,23,25). The summed E-state index contributed by atoms with van der Waals surface area (Å²) in [6.45, 7) is 6.50. The molecule has 0 saturated carbocycles. The van der Waals surface area contributed by atoms with Crippen molar-refractivity contribution >= 4 is 28.8 Å². The van der Waals surface area contributed by atoms with E-state index in [0.717, 1.165) is 15.7 Å². The molecule has 0 atom stereocenters. The number of hydrogen-bond donors (Lipinski definition) is 2. The van der Waals surface area contributed by atoms with Gasteiger partial charge in [0.25, 0.3) is 5.91 Å². The number of carbonyl (C=O) groups excluding carboxylic acids is 1. The minimum atomic E-state index is -0.294. The Hall–Kier alpha value is -3.32. The van der Waals surface area contributed by atoms with Crippen LogP contribution in [0.2, 0.25) is 0 Å². The minimum Gasteiger partial charge on any atom is -0.492 e. The number of amides is 1. The number of benzene rings is 1. The number of rotatable bonds is 8. The second-order valence-electron chi connectivity index (χ2n) is 5.80. The Morgan fingerprint density at radius 3 is 2.68 bits per heavy atom. The molecule has 2 heterocycles. The first kappa shape index (κ1) is 19.4. The number of nitrogens with zero attached hydrogens (tertiary/aromatic N) is 1. The Bertz CT molecular complexity index is 970. The van der Waals surface area contributed by atoms with Gasteiger partial charge in [0.1, 0.15) is 23.0 Å². The monoisotopic (exact) mass is 395 g/mol. The molecule has 0 radical (unpaired) electrons. The molecule has 0 fully saturated rings. The lowest BCUT2D eigenvalue weighted by atomic mass is 10.2. The summed E-state index contributed by atoms with van der Waals surface area (Å²) < 4.78 is 11.1. The van der Waals surface area contributed by atoms with E-state index in [9.17, 15) is 4.79 Å². The molecule has 0 spiro atoms. The summed E-state index contributed by atoms with van der Waals surface area (Å²) in [6.07, 6.45) is 0. The van der Waals surface area contributed by atoms with E-state index in [1.165, 1.54) is 11.3 Å². The molecule has 0 aliphatic carbocycles. The first-order valence-electron chi connectivity index (χ1n) is 8.75. The molecule has 144 valence electrons. The topological polar surface area (TPSA) is 86.5 Å². The van der Waals surface area contributed by atoms with Crippen LogP contribution >= 0.6 is 11.3 Å². The van der Waals surface area contributed by atoms with Gasteiger partial charge in [-0.05, 0) is 43.3 Å². The number of aromatic nitrogens is 1. The fourth-order valence-corrected chi connectivity index (χ4v) is 3.26. The van der Waals surface area contributed by atoms with Crippen LogP contribution in [-0.2, 0) is 11.3 Å². The summed E-state index contributed by atoms with van der Waals surface area (Å²) in [5.74, 6) is 1.03. The number of nitrogens with two attached hydrogens (primary N) is 1. The van der Waals surface area contributed by atoms with Crippen LogP contribution in [0.15, 0.2) is 61.2 Å². The molecule has 2 aromatic heterocycles. The summed E-state index contributed by atoms with van der Waals surface area (Å²) in [4.78, 5) is 17.6. The van der Waals surface area contributed by atoms with E-state index in [4.69, 9.17) is 15.2 Å². The van der Waals surface area contributed by atoms with Crippen molar-refractivity contribution in [3.05, 3.63) is 77.3 Å². The normalized spacial score (nSPS) is 10.3. The number of anilines is 1. The molecule has 0 saturated heterocycles. The number of nitrogens with one attached hydrogen (secondary N) is 1. The second-order valence-corrected chi connectivity index (χ2v) is 6.93. The van der Waals surface area contributed by atoms with Crippen molar-refractivity contribution in [2.45, 2.75) is 13.5 Å². The molecule has 1 amide bonds. The van der Waals surface area contributed by atoms with Gasteiger partial charge in [-0.3, -0.25) is 4.79 Å². The largest absolute Gasteiger partial charge is 0.492 e. The molecule has 3 N–H and O–H groups in total. The van der Waals surface area contributed by atoms with Crippen LogP contribution in [0.5, 0.6) is 10.8 Å². The van der Waals surface area contributed by atoms with Crippen molar-refractivity contribution < 1.29 is 14.3 Å². The highest BCUT2D eigenvalue weighted by Crippen LogP contribution is 2.29. The van der Waals surface area contributed by atoms with Gasteiger partial charge in [-0.1, -0.05) is 24.8 Å². The minimum absolute atomic E-state index is 0.134. The number of pyridine rings is 1. The second kappa shape index (κ2) is 9.05. The van der Waals surface area contributed by atoms with Crippen molar-refractivity contribution in [1.82, 2.24) is 10.3 Å². The molecule has 0 aliphatic heterocycles. The zero-order chi connectivity index (χ0) is 19.9. The molecular weight excluding hydrogens is 374 g/mol. The van der Waals surface area contributed by atoms with Crippen LogP contribution in [-0.4, -0.2) is 17.5 Å². The SMILES string of the molecule is C=C(OCC)c1ccc(C(=O)NCc2ccc(Oc3ccccc3)s2)c(N)n1. The number of ether oxygens (including phenoxy) is 2. The van der Waals surface area contributed by atoms with Gasteiger partial charge >= 0.3 is 0 Å². The van der Waals surface area contributed by atoms with E-state index in [2.05, 4.69) is 16.9 Å². The fourth-order valence-electron chi connectivity index (χ4n) is 2.45. The number of nitrogen functional groups attached to an aromatic ring is 1. The summed E-state index contributed by atoms with van der Waals surface area (Å²) in [5, 5.41) is 3.61. The molecule has 0 bridgehead atoms. The lowest BCUT2D eigenvalue weighted by Crippen LogP contribution is -2.24. The van der Waals surface area contributed by atoms with E-state index in [0.29, 0.717) is 30.2 Å². The Labute approximate surface area is 167 Å². The van der Waals surface area contributed by atoms with Gasteiger partial charge in [0.2, 0.25) is 0 Å². The highest BCUT2D eigenvalue weighted by atomic mass is 32.1. The molecular formula is C21H21N3O3S. The van der Waals surface area contributed by atoms with Crippen LogP contribution in [0, 0.1) is 0 Å². The molecule has 3 aromatic rings. The predicted octanol–water partition coefficient (Wildman–Crippen LogP) is 4.45. The molecule has 6 nitrogen and oxygen atoms in total. The third-order valence-corrected chi connectivity index (χ3v) is 4.76. The van der Waals surface area contributed by atoms with Gasteiger partial charge in [0.05, 0.1) is 18.7 Å². The third kappa shape index (κ3) is 4.89. The third-order valence-electron chi connectivity index (χ3n) is 3.80. The van der Waals surface area contributed by atoms with E-state index in [1.54, 1.807) is 12.1 Å². The summed E-state index contributed by atoms with van der Waals surface area (Å²) in [7, 11) is 0. The van der Waals surface area contributed by atoms with Crippen LogP contribution in [0.3, 0.4) is 0 Å². The average molecular weight is 395 g/mol. The fraction of sp³-hybridized carbons (Fsp3) is 0.143. The van der Waals surface area contributed by atoms with Gasteiger partial charge in [0, 0.05) is 4.88 Å². The maximum Gasteiger partial charge on any atom is 0.255 e. The number of hydrogen-bond acceptors (Lipinski definition) is 6. The van der Waals surface area contributed by atoms with Gasteiger partial charge in [0.15, 0.2) is 5.06 Å². The molecule has 0 aliphatic rings.